The van der Waals surface area contributed by atoms with Gasteiger partial charge in [0, 0.05) is 31.3 Å². The normalized spacial score (nSPS) is 36.3. The Kier molecular flexibility index (Phi) is 4.92. The van der Waals surface area contributed by atoms with Crippen molar-refractivity contribution in [1.82, 2.24) is 10.2 Å². The molecule has 3 rings (SSSR count). The van der Waals surface area contributed by atoms with Gasteiger partial charge >= 0.3 is 0 Å². The smallest absolute Gasteiger partial charge is 0.245 e. The predicted octanol–water partition coefficient (Wildman–Crippen LogP) is 0.790. The number of rotatable bonds is 3. The summed E-state index contributed by atoms with van der Waals surface area (Å²) in [5, 5.41) is 2.98. The Bertz CT molecular complexity index is 460. The molecule has 0 aromatic heterocycles. The molecule has 6 heteroatoms. The van der Waals surface area contributed by atoms with E-state index in [1.165, 1.54) is 0 Å². The van der Waals surface area contributed by atoms with Gasteiger partial charge in [0.25, 0.3) is 0 Å². The zero-order valence-electron chi connectivity index (χ0n) is 14.1. The highest BCUT2D eigenvalue weighted by Crippen LogP contribution is 2.32. The minimum Gasteiger partial charge on any atom is -0.381 e. The van der Waals surface area contributed by atoms with Crippen molar-refractivity contribution >= 4 is 11.8 Å². The van der Waals surface area contributed by atoms with Gasteiger partial charge < -0.3 is 20.7 Å². The lowest BCUT2D eigenvalue weighted by Crippen LogP contribution is -2.55. The second-order valence-corrected chi connectivity index (χ2v) is 7.53. The largest absolute Gasteiger partial charge is 0.381 e. The van der Waals surface area contributed by atoms with Crippen LogP contribution in [0.1, 0.15) is 51.9 Å². The third-order valence-corrected chi connectivity index (χ3v) is 5.76. The number of carbonyl (C=O) groups excluding carboxylic acids is 2. The van der Waals surface area contributed by atoms with E-state index in [9.17, 15) is 9.59 Å². The van der Waals surface area contributed by atoms with Gasteiger partial charge in [0.05, 0.1) is 5.92 Å². The predicted molar refractivity (Wildman–Crippen MR) is 86.7 cm³/mol. The van der Waals surface area contributed by atoms with Crippen molar-refractivity contribution in [3.05, 3.63) is 0 Å². The lowest BCUT2D eigenvalue weighted by atomic mass is 9.74. The van der Waals surface area contributed by atoms with E-state index in [0.29, 0.717) is 6.42 Å². The van der Waals surface area contributed by atoms with Crippen LogP contribution in [0.25, 0.3) is 0 Å². The summed E-state index contributed by atoms with van der Waals surface area (Å²) in [5.41, 5.74) is 5.85. The molecular weight excluding hydrogens is 294 g/mol. The standard InChI is InChI=1S/C17H29N3O3/c1-17(18)8-3-2-4-13(17)15(21)19-14-5-9-20(16(14)22)12-6-10-23-11-7-12/h12-14H,2-11,18H2,1H3,(H,19,21). The number of hydrogen-bond acceptors (Lipinski definition) is 4. The van der Waals surface area contributed by atoms with Gasteiger partial charge in [0.1, 0.15) is 6.04 Å². The number of carbonyl (C=O) groups is 2. The summed E-state index contributed by atoms with van der Waals surface area (Å²) in [5.74, 6) is -0.150. The first-order valence-electron chi connectivity index (χ1n) is 8.96. The zero-order chi connectivity index (χ0) is 16.4. The quantitative estimate of drug-likeness (QED) is 0.804. The molecule has 0 spiro atoms. The summed E-state index contributed by atoms with van der Waals surface area (Å²) in [6.45, 7) is 4.14. The van der Waals surface area contributed by atoms with Gasteiger partial charge in [-0.25, -0.2) is 0 Å². The van der Waals surface area contributed by atoms with Gasteiger partial charge in [0.15, 0.2) is 0 Å². The summed E-state index contributed by atoms with van der Waals surface area (Å²) in [6.07, 6.45) is 6.32. The van der Waals surface area contributed by atoms with Crippen LogP contribution in [0.5, 0.6) is 0 Å². The van der Waals surface area contributed by atoms with Crippen molar-refractivity contribution in [2.24, 2.45) is 11.7 Å². The van der Waals surface area contributed by atoms with E-state index >= 15 is 0 Å². The maximum atomic E-state index is 12.6. The molecule has 0 bridgehead atoms. The Labute approximate surface area is 138 Å². The monoisotopic (exact) mass is 323 g/mol. The number of nitrogens with one attached hydrogen (secondary N) is 1. The van der Waals surface area contributed by atoms with Crippen LogP contribution < -0.4 is 11.1 Å². The molecule has 23 heavy (non-hydrogen) atoms. The first kappa shape index (κ1) is 16.7. The molecule has 3 atom stereocenters. The van der Waals surface area contributed by atoms with Gasteiger partial charge in [0.2, 0.25) is 11.8 Å². The summed E-state index contributed by atoms with van der Waals surface area (Å²) >= 11 is 0. The first-order valence-corrected chi connectivity index (χ1v) is 8.96. The van der Waals surface area contributed by atoms with E-state index in [0.717, 1.165) is 58.3 Å². The van der Waals surface area contributed by atoms with Gasteiger partial charge in [-0.3, -0.25) is 9.59 Å². The summed E-state index contributed by atoms with van der Waals surface area (Å²) < 4.78 is 5.37. The second-order valence-electron chi connectivity index (χ2n) is 7.53. The summed E-state index contributed by atoms with van der Waals surface area (Å²) in [7, 11) is 0. The molecule has 2 heterocycles. The lowest BCUT2D eigenvalue weighted by molar-refractivity contribution is -0.137. The highest BCUT2D eigenvalue weighted by atomic mass is 16.5. The molecular formula is C17H29N3O3. The molecule has 0 aromatic rings. The Morgan fingerprint density at radius 2 is 2.00 bits per heavy atom. The van der Waals surface area contributed by atoms with Crippen LogP contribution in [0, 0.1) is 5.92 Å². The van der Waals surface area contributed by atoms with E-state index in [1.54, 1.807) is 0 Å². The molecule has 1 aliphatic carbocycles. The molecule has 3 aliphatic rings. The molecule has 130 valence electrons. The highest BCUT2D eigenvalue weighted by molar-refractivity contribution is 5.90. The Morgan fingerprint density at radius 3 is 2.70 bits per heavy atom. The van der Waals surface area contributed by atoms with E-state index in [2.05, 4.69) is 5.32 Å². The van der Waals surface area contributed by atoms with E-state index in [1.807, 2.05) is 11.8 Å². The van der Waals surface area contributed by atoms with E-state index in [4.69, 9.17) is 10.5 Å². The Balaban J connectivity index is 1.58. The van der Waals surface area contributed by atoms with Crippen molar-refractivity contribution in [1.29, 1.82) is 0 Å². The van der Waals surface area contributed by atoms with Crippen LogP contribution in [-0.2, 0) is 14.3 Å². The Hall–Kier alpha value is -1.14. The molecule has 6 nitrogen and oxygen atoms in total. The maximum absolute atomic E-state index is 12.6. The van der Waals surface area contributed by atoms with Gasteiger partial charge in [-0.15, -0.1) is 0 Å². The van der Waals surface area contributed by atoms with Crippen LogP contribution in [-0.4, -0.2) is 54.1 Å². The number of hydrogen-bond donors (Lipinski definition) is 2. The number of ether oxygens (including phenoxy) is 1. The topological polar surface area (TPSA) is 84.7 Å². The van der Waals surface area contributed by atoms with Crippen LogP contribution in [0.15, 0.2) is 0 Å². The van der Waals surface area contributed by atoms with Crippen LogP contribution in [0.2, 0.25) is 0 Å². The summed E-state index contributed by atoms with van der Waals surface area (Å²) in [6, 6.07) is -0.101. The molecule has 2 amide bonds. The van der Waals surface area contributed by atoms with Gasteiger partial charge in [-0.1, -0.05) is 12.8 Å². The van der Waals surface area contributed by atoms with Gasteiger partial charge in [-0.2, -0.15) is 0 Å². The SMILES string of the molecule is CC1(N)CCCCC1C(=O)NC1CCN(C2CCOCC2)C1=O. The van der Waals surface area contributed by atoms with Crippen molar-refractivity contribution in [3.8, 4) is 0 Å². The van der Waals surface area contributed by atoms with Crippen molar-refractivity contribution in [3.63, 3.8) is 0 Å². The van der Waals surface area contributed by atoms with Crippen LogP contribution >= 0.6 is 0 Å². The van der Waals surface area contributed by atoms with Crippen molar-refractivity contribution in [2.45, 2.75) is 69.5 Å². The number of likely N-dealkylation sites (tertiary alicyclic amines) is 1. The fraction of sp³-hybridized carbons (Fsp3) is 0.882. The molecule has 1 saturated carbocycles. The number of nitrogens with two attached hydrogens (primary N) is 1. The maximum Gasteiger partial charge on any atom is 0.245 e. The zero-order valence-corrected chi connectivity index (χ0v) is 14.1. The van der Waals surface area contributed by atoms with Crippen LogP contribution in [0.3, 0.4) is 0 Å². The third kappa shape index (κ3) is 3.53. The molecule has 3 unspecified atom stereocenters. The average molecular weight is 323 g/mol. The number of amides is 2. The highest BCUT2D eigenvalue weighted by Gasteiger charge is 2.42. The van der Waals surface area contributed by atoms with Crippen molar-refractivity contribution < 1.29 is 14.3 Å². The fourth-order valence-corrected chi connectivity index (χ4v) is 4.26. The molecule has 0 aromatic carbocycles. The molecule has 2 saturated heterocycles. The summed E-state index contributed by atoms with van der Waals surface area (Å²) in [4.78, 5) is 27.2. The Morgan fingerprint density at radius 1 is 1.26 bits per heavy atom. The van der Waals surface area contributed by atoms with Crippen LogP contribution in [0.4, 0.5) is 0 Å². The molecule has 0 radical (unpaired) electrons. The van der Waals surface area contributed by atoms with Crippen molar-refractivity contribution in [2.75, 3.05) is 19.8 Å². The third-order valence-electron chi connectivity index (χ3n) is 5.76. The molecule has 2 aliphatic heterocycles. The van der Waals surface area contributed by atoms with Gasteiger partial charge in [-0.05, 0) is 39.0 Å². The minimum atomic E-state index is -0.454. The molecule has 3 N–H and O–H groups in total. The first-order chi connectivity index (χ1) is 11.0. The van der Waals surface area contributed by atoms with E-state index < -0.39 is 5.54 Å². The minimum absolute atomic E-state index is 0.0399. The average Bonchev–Trinajstić information content (AvgIpc) is 2.88. The fourth-order valence-electron chi connectivity index (χ4n) is 4.26. The number of nitrogens with zero attached hydrogens (tertiary/aromatic N) is 1. The lowest BCUT2D eigenvalue weighted by Gasteiger charge is -2.37. The van der Waals surface area contributed by atoms with E-state index in [-0.39, 0.29) is 29.8 Å². The molecule has 3 fully saturated rings. The second kappa shape index (κ2) is 6.77.